The van der Waals surface area contributed by atoms with Gasteiger partial charge in [-0.2, -0.15) is 0 Å². The van der Waals surface area contributed by atoms with Gasteiger partial charge in [0, 0.05) is 36.8 Å². The van der Waals surface area contributed by atoms with E-state index in [0.29, 0.717) is 11.8 Å². The number of pyridine rings is 1. The molecule has 0 N–H and O–H groups in total. The SMILES string of the molecule is CC(C)c1ocnc1CN1CCC(c2ccccn2)C1. The number of aromatic nitrogens is 2. The Hall–Kier alpha value is -1.68. The molecule has 4 heteroatoms. The first-order chi connectivity index (χ1) is 9.74. The number of likely N-dealkylation sites (tertiary alicyclic amines) is 1. The van der Waals surface area contributed by atoms with Gasteiger partial charge in [-0.25, -0.2) is 4.98 Å². The summed E-state index contributed by atoms with van der Waals surface area (Å²) in [7, 11) is 0. The van der Waals surface area contributed by atoms with Crippen molar-refractivity contribution in [2.75, 3.05) is 13.1 Å². The maximum Gasteiger partial charge on any atom is 0.181 e. The second kappa shape index (κ2) is 5.75. The average Bonchev–Trinajstić information content (AvgIpc) is 3.09. The lowest BCUT2D eigenvalue weighted by molar-refractivity contribution is 0.318. The second-order valence-electron chi connectivity index (χ2n) is 5.79. The van der Waals surface area contributed by atoms with E-state index in [4.69, 9.17) is 4.42 Å². The molecular formula is C16H21N3O. The van der Waals surface area contributed by atoms with Gasteiger partial charge in [0.05, 0.1) is 5.69 Å². The summed E-state index contributed by atoms with van der Waals surface area (Å²) in [5.41, 5.74) is 2.29. The molecule has 1 aliphatic heterocycles. The minimum atomic E-state index is 0.390. The first-order valence-corrected chi connectivity index (χ1v) is 7.29. The van der Waals surface area contributed by atoms with Crippen LogP contribution >= 0.6 is 0 Å². The zero-order valence-electron chi connectivity index (χ0n) is 12.1. The van der Waals surface area contributed by atoms with E-state index in [-0.39, 0.29) is 0 Å². The molecule has 1 aliphatic rings. The van der Waals surface area contributed by atoms with Crippen LogP contribution in [0.1, 0.15) is 49.3 Å². The van der Waals surface area contributed by atoms with Gasteiger partial charge in [-0.1, -0.05) is 19.9 Å². The van der Waals surface area contributed by atoms with Crippen molar-refractivity contribution in [3.63, 3.8) is 0 Å². The molecule has 4 nitrogen and oxygen atoms in total. The highest BCUT2D eigenvalue weighted by Gasteiger charge is 2.26. The van der Waals surface area contributed by atoms with Crippen LogP contribution in [0.2, 0.25) is 0 Å². The van der Waals surface area contributed by atoms with Crippen LogP contribution in [0.25, 0.3) is 0 Å². The molecule has 1 unspecified atom stereocenters. The Bertz CT molecular complexity index is 550. The number of rotatable bonds is 4. The second-order valence-corrected chi connectivity index (χ2v) is 5.79. The third-order valence-corrected chi connectivity index (χ3v) is 3.95. The van der Waals surface area contributed by atoms with E-state index in [1.165, 1.54) is 12.1 Å². The molecule has 3 rings (SSSR count). The summed E-state index contributed by atoms with van der Waals surface area (Å²) in [4.78, 5) is 11.3. The van der Waals surface area contributed by atoms with E-state index in [9.17, 15) is 0 Å². The molecular weight excluding hydrogens is 250 g/mol. The maximum absolute atomic E-state index is 5.50. The van der Waals surface area contributed by atoms with Gasteiger partial charge in [-0.15, -0.1) is 0 Å². The fraction of sp³-hybridized carbons (Fsp3) is 0.500. The molecule has 3 heterocycles. The molecule has 0 bridgehead atoms. The lowest BCUT2D eigenvalue weighted by Gasteiger charge is -2.15. The topological polar surface area (TPSA) is 42.2 Å². The van der Waals surface area contributed by atoms with Crippen LogP contribution in [-0.2, 0) is 6.54 Å². The Morgan fingerprint density at radius 1 is 1.35 bits per heavy atom. The van der Waals surface area contributed by atoms with E-state index in [0.717, 1.165) is 31.1 Å². The lowest BCUT2D eigenvalue weighted by atomic mass is 10.0. The van der Waals surface area contributed by atoms with Crippen molar-refractivity contribution in [1.29, 1.82) is 0 Å². The van der Waals surface area contributed by atoms with Gasteiger partial charge in [0.1, 0.15) is 5.76 Å². The van der Waals surface area contributed by atoms with Crippen LogP contribution in [0.5, 0.6) is 0 Å². The zero-order valence-corrected chi connectivity index (χ0v) is 12.1. The standard InChI is InChI=1S/C16H21N3O/c1-12(2)16-15(18-11-20-16)10-19-8-6-13(9-19)14-5-3-4-7-17-14/h3-5,7,11-13H,6,8-10H2,1-2H3. The Morgan fingerprint density at radius 3 is 3.00 bits per heavy atom. The number of nitrogens with zero attached hydrogens (tertiary/aromatic N) is 3. The van der Waals surface area contributed by atoms with Gasteiger partial charge in [0.25, 0.3) is 0 Å². The lowest BCUT2D eigenvalue weighted by Crippen LogP contribution is -2.21. The molecule has 0 radical (unpaired) electrons. The summed E-state index contributed by atoms with van der Waals surface area (Å²) in [6.07, 6.45) is 4.62. The summed E-state index contributed by atoms with van der Waals surface area (Å²) < 4.78 is 5.50. The van der Waals surface area contributed by atoms with Crippen molar-refractivity contribution >= 4 is 0 Å². The quantitative estimate of drug-likeness (QED) is 0.856. The normalized spacial score (nSPS) is 19.9. The van der Waals surface area contributed by atoms with E-state index < -0.39 is 0 Å². The molecule has 0 spiro atoms. The highest BCUT2D eigenvalue weighted by molar-refractivity contribution is 5.14. The molecule has 106 valence electrons. The van der Waals surface area contributed by atoms with Crippen molar-refractivity contribution in [3.8, 4) is 0 Å². The van der Waals surface area contributed by atoms with Gasteiger partial charge < -0.3 is 4.42 Å². The molecule has 0 aliphatic carbocycles. The summed E-state index contributed by atoms with van der Waals surface area (Å²) >= 11 is 0. The van der Waals surface area contributed by atoms with Crippen molar-refractivity contribution in [2.45, 2.75) is 38.6 Å². The largest absolute Gasteiger partial charge is 0.448 e. The van der Waals surface area contributed by atoms with Gasteiger partial charge in [-0.05, 0) is 25.1 Å². The van der Waals surface area contributed by atoms with E-state index in [1.807, 2.05) is 12.3 Å². The first-order valence-electron chi connectivity index (χ1n) is 7.29. The highest BCUT2D eigenvalue weighted by Crippen LogP contribution is 2.28. The molecule has 0 aromatic carbocycles. The molecule has 1 saturated heterocycles. The Labute approximate surface area is 119 Å². The predicted octanol–water partition coefficient (Wildman–Crippen LogP) is 3.18. The smallest absolute Gasteiger partial charge is 0.181 e. The average molecular weight is 271 g/mol. The maximum atomic E-state index is 5.50. The van der Waals surface area contributed by atoms with Crippen LogP contribution in [-0.4, -0.2) is 28.0 Å². The van der Waals surface area contributed by atoms with Crippen LogP contribution in [0.4, 0.5) is 0 Å². The monoisotopic (exact) mass is 271 g/mol. The van der Waals surface area contributed by atoms with Crippen LogP contribution < -0.4 is 0 Å². The Balaban J connectivity index is 1.65. The van der Waals surface area contributed by atoms with Crippen LogP contribution in [0.3, 0.4) is 0 Å². The highest BCUT2D eigenvalue weighted by atomic mass is 16.3. The Kier molecular flexibility index (Phi) is 3.83. The van der Waals surface area contributed by atoms with E-state index >= 15 is 0 Å². The van der Waals surface area contributed by atoms with Crippen molar-refractivity contribution in [3.05, 3.63) is 47.9 Å². The van der Waals surface area contributed by atoms with Crippen LogP contribution in [0.15, 0.2) is 35.2 Å². The third kappa shape index (κ3) is 2.75. The summed E-state index contributed by atoms with van der Waals surface area (Å²) in [6.45, 7) is 7.33. The molecule has 20 heavy (non-hydrogen) atoms. The minimum Gasteiger partial charge on any atom is -0.448 e. The fourth-order valence-electron chi connectivity index (χ4n) is 2.91. The minimum absolute atomic E-state index is 0.390. The van der Waals surface area contributed by atoms with Crippen LogP contribution in [0, 0.1) is 0 Å². The molecule has 1 fully saturated rings. The predicted molar refractivity (Wildman–Crippen MR) is 77.5 cm³/mol. The number of hydrogen-bond acceptors (Lipinski definition) is 4. The third-order valence-electron chi connectivity index (χ3n) is 3.95. The zero-order chi connectivity index (χ0) is 13.9. The number of hydrogen-bond donors (Lipinski definition) is 0. The summed E-state index contributed by atoms with van der Waals surface area (Å²) in [6, 6.07) is 6.17. The van der Waals surface area contributed by atoms with E-state index in [2.05, 4.69) is 40.8 Å². The molecule has 0 amide bonds. The summed E-state index contributed by atoms with van der Waals surface area (Å²) in [5.74, 6) is 1.96. The molecule has 2 aromatic heterocycles. The molecule has 1 atom stereocenters. The van der Waals surface area contributed by atoms with Crippen molar-refractivity contribution in [1.82, 2.24) is 14.9 Å². The van der Waals surface area contributed by atoms with Crippen molar-refractivity contribution in [2.24, 2.45) is 0 Å². The summed E-state index contributed by atoms with van der Waals surface area (Å²) in [5, 5.41) is 0. The van der Waals surface area contributed by atoms with Gasteiger partial charge in [-0.3, -0.25) is 9.88 Å². The van der Waals surface area contributed by atoms with Gasteiger partial charge >= 0.3 is 0 Å². The van der Waals surface area contributed by atoms with Gasteiger partial charge in [0.2, 0.25) is 0 Å². The number of oxazole rings is 1. The molecule has 0 saturated carbocycles. The molecule has 2 aromatic rings. The fourth-order valence-corrected chi connectivity index (χ4v) is 2.91. The van der Waals surface area contributed by atoms with Gasteiger partial charge in [0.15, 0.2) is 6.39 Å². The Morgan fingerprint density at radius 2 is 2.25 bits per heavy atom. The van der Waals surface area contributed by atoms with E-state index in [1.54, 1.807) is 6.39 Å². The van der Waals surface area contributed by atoms with Crippen molar-refractivity contribution < 1.29 is 4.42 Å². The first kappa shape index (κ1) is 13.3.